The van der Waals surface area contributed by atoms with E-state index in [1.807, 2.05) is 23.5 Å². The van der Waals surface area contributed by atoms with Crippen LogP contribution in [0.4, 0.5) is 0 Å². The minimum atomic E-state index is 0.778. The van der Waals surface area contributed by atoms with Crippen LogP contribution in [0.15, 0.2) is 0 Å². The summed E-state index contributed by atoms with van der Waals surface area (Å²) in [6.45, 7) is 18.3. The average molecular weight is 861 g/mol. The monoisotopic (exact) mass is 861 g/mol. The van der Waals surface area contributed by atoms with Gasteiger partial charge in [0, 0.05) is 85.4 Å². The third-order valence-electron chi connectivity index (χ3n) is 8.49. The Morgan fingerprint density at radius 2 is 0.537 bits per heavy atom. The van der Waals surface area contributed by atoms with Gasteiger partial charge < -0.3 is 45.0 Å². The summed E-state index contributed by atoms with van der Waals surface area (Å²) >= 11 is 10.2. The van der Waals surface area contributed by atoms with E-state index in [4.69, 9.17) is 23.7 Å². The molecule has 0 radical (unpaired) electrons. The highest BCUT2D eigenvalue weighted by molar-refractivity contribution is 8.06. The lowest BCUT2D eigenvalue weighted by atomic mass is 10.2. The van der Waals surface area contributed by atoms with E-state index in [9.17, 15) is 0 Å². The molecule has 4 N–H and O–H groups in total. The molecule has 9 nitrogen and oxygen atoms in total. The van der Waals surface area contributed by atoms with Gasteiger partial charge in [0.15, 0.2) is 0 Å². The van der Waals surface area contributed by atoms with Gasteiger partial charge in [-0.05, 0) is 95.5 Å². The molecule has 324 valence electrons. The summed E-state index contributed by atoms with van der Waals surface area (Å²) in [5.41, 5.74) is 0. The molecule has 0 unspecified atom stereocenters. The van der Waals surface area contributed by atoms with Crippen molar-refractivity contribution in [2.24, 2.45) is 0 Å². The summed E-state index contributed by atoms with van der Waals surface area (Å²) in [6.07, 6.45) is 16.8. The van der Waals surface area contributed by atoms with E-state index in [0.29, 0.717) is 0 Å². The van der Waals surface area contributed by atoms with Crippen molar-refractivity contribution in [1.29, 1.82) is 0 Å². The number of hydrogen-bond donors (Lipinski definition) is 4. The number of thioether (sulfide) groups is 5. The molecule has 9 fully saturated rings. The summed E-state index contributed by atoms with van der Waals surface area (Å²) < 4.78 is 25.0. The summed E-state index contributed by atoms with van der Waals surface area (Å²) in [6, 6.07) is 0. The Bertz CT molecular complexity index is 377. The van der Waals surface area contributed by atoms with E-state index < -0.39 is 0 Å². The SMILES string of the molecule is C1CCNCC1.C1CCNCC1.C1CCOCC1.C1CCSCC1.C1COCCN1.C1COCCO1.C1CSCCN1.C1CSCCO1.C1CSCCS1. The Hall–Kier alpha value is 1.39. The van der Waals surface area contributed by atoms with E-state index in [-0.39, 0.29) is 0 Å². The van der Waals surface area contributed by atoms with Gasteiger partial charge in [0.25, 0.3) is 0 Å². The fourth-order valence-electron chi connectivity index (χ4n) is 5.33. The fraction of sp³-hybridized carbons (Fsp3) is 1.00. The first kappa shape index (κ1) is 53.4. The second-order valence-corrected chi connectivity index (χ2v) is 19.5. The van der Waals surface area contributed by atoms with Crippen molar-refractivity contribution in [3.8, 4) is 0 Å². The maximum absolute atomic E-state index is 5.07. The predicted octanol–water partition coefficient (Wildman–Crippen LogP) is 6.79. The molecule has 0 aromatic heterocycles. The van der Waals surface area contributed by atoms with Gasteiger partial charge in [-0.3, -0.25) is 0 Å². The van der Waals surface area contributed by atoms with Crippen LogP contribution in [-0.4, -0.2) is 176 Å². The lowest BCUT2D eigenvalue weighted by Gasteiger charge is -2.10. The van der Waals surface area contributed by atoms with Crippen molar-refractivity contribution < 1.29 is 23.7 Å². The molecule has 0 atom stereocenters. The van der Waals surface area contributed by atoms with Gasteiger partial charge >= 0.3 is 0 Å². The number of nitrogens with one attached hydrogen (secondary N) is 4. The summed E-state index contributed by atoms with van der Waals surface area (Å²) in [5, 5.41) is 13.0. The Morgan fingerprint density at radius 1 is 0.204 bits per heavy atom. The molecular weight excluding hydrogens is 777 g/mol. The molecule has 9 saturated heterocycles. The van der Waals surface area contributed by atoms with Gasteiger partial charge in [0.1, 0.15) is 0 Å². The van der Waals surface area contributed by atoms with Crippen LogP contribution in [0.25, 0.3) is 0 Å². The van der Waals surface area contributed by atoms with E-state index in [1.54, 1.807) is 0 Å². The zero-order chi connectivity index (χ0) is 38.2. The number of ether oxygens (including phenoxy) is 5. The zero-order valence-electron chi connectivity index (χ0n) is 34.4. The van der Waals surface area contributed by atoms with Crippen LogP contribution >= 0.6 is 58.8 Å². The molecule has 0 aliphatic carbocycles. The molecule has 0 amide bonds. The van der Waals surface area contributed by atoms with Crippen molar-refractivity contribution in [3.63, 3.8) is 0 Å². The maximum Gasteiger partial charge on any atom is 0.0701 e. The minimum Gasteiger partial charge on any atom is -0.381 e. The molecule has 0 spiro atoms. The van der Waals surface area contributed by atoms with Crippen molar-refractivity contribution >= 4 is 58.8 Å². The van der Waals surface area contributed by atoms with Gasteiger partial charge in [0.05, 0.1) is 52.9 Å². The van der Waals surface area contributed by atoms with Gasteiger partial charge in [-0.2, -0.15) is 58.8 Å². The minimum absolute atomic E-state index is 0.778. The molecule has 9 rings (SSSR count). The third kappa shape index (κ3) is 47.8. The zero-order valence-corrected chi connectivity index (χ0v) is 38.4. The van der Waals surface area contributed by atoms with Gasteiger partial charge in [0.2, 0.25) is 0 Å². The summed E-state index contributed by atoms with van der Waals surface area (Å²) in [5.74, 6) is 13.4. The van der Waals surface area contributed by atoms with E-state index in [0.717, 1.165) is 79.2 Å². The van der Waals surface area contributed by atoms with Gasteiger partial charge in [-0.25, -0.2) is 0 Å². The molecular formula is C40H84N4O5S5. The van der Waals surface area contributed by atoms with Crippen molar-refractivity contribution in [3.05, 3.63) is 0 Å². The Morgan fingerprint density at radius 3 is 0.685 bits per heavy atom. The molecule has 54 heavy (non-hydrogen) atoms. The second kappa shape index (κ2) is 50.5. The maximum atomic E-state index is 5.07. The number of hydrogen-bond acceptors (Lipinski definition) is 14. The number of morpholine rings is 1. The van der Waals surface area contributed by atoms with Crippen LogP contribution in [-0.2, 0) is 23.7 Å². The Kier molecular flexibility index (Phi) is 50.0. The second-order valence-electron chi connectivity index (χ2n) is 13.4. The molecule has 9 aliphatic heterocycles. The van der Waals surface area contributed by atoms with Crippen LogP contribution in [0.5, 0.6) is 0 Å². The average Bonchev–Trinajstić information content (AvgIpc) is 3.33. The normalized spacial score (nSPS) is 24.0. The topological polar surface area (TPSA) is 94.3 Å². The molecule has 0 aromatic carbocycles. The third-order valence-corrected chi connectivity index (χ3v) is 14.0. The van der Waals surface area contributed by atoms with Crippen LogP contribution < -0.4 is 21.3 Å². The first-order chi connectivity index (χ1) is 27.0. The number of piperidine rings is 2. The smallest absolute Gasteiger partial charge is 0.0701 e. The van der Waals surface area contributed by atoms with Crippen LogP contribution in [0.2, 0.25) is 0 Å². The van der Waals surface area contributed by atoms with E-state index in [2.05, 4.69) is 56.6 Å². The highest BCUT2D eigenvalue weighted by atomic mass is 32.2. The first-order valence-corrected chi connectivity index (χ1v) is 27.4. The molecule has 0 bridgehead atoms. The number of rotatable bonds is 0. The highest BCUT2D eigenvalue weighted by Crippen LogP contribution is 2.15. The van der Waals surface area contributed by atoms with Crippen LogP contribution in [0.1, 0.15) is 77.0 Å². The fourth-order valence-corrected chi connectivity index (χ4v) is 10.1. The van der Waals surface area contributed by atoms with Crippen molar-refractivity contribution in [1.82, 2.24) is 21.3 Å². The quantitative estimate of drug-likeness (QED) is 0.206. The van der Waals surface area contributed by atoms with E-state index >= 15 is 0 Å². The van der Waals surface area contributed by atoms with Crippen LogP contribution in [0, 0.1) is 0 Å². The Labute approximate surface area is 354 Å². The first-order valence-electron chi connectivity index (χ1n) is 21.6. The van der Waals surface area contributed by atoms with Gasteiger partial charge in [-0.15, -0.1) is 0 Å². The lowest BCUT2D eigenvalue weighted by Crippen LogP contribution is -2.30. The molecule has 9 aliphatic rings. The van der Waals surface area contributed by atoms with Gasteiger partial charge in [-0.1, -0.05) is 19.3 Å². The molecule has 14 heteroatoms. The largest absolute Gasteiger partial charge is 0.381 e. The summed E-state index contributed by atoms with van der Waals surface area (Å²) in [4.78, 5) is 0. The Balaban J connectivity index is 0.000000304. The standard InChI is InChI=1S/2C5H11N.C5H10O.C5H10S.C4H9NO.C4H9NS.C4H8O2.C4H8OS.C4H8S2/c4*1-2-4-6-5-3-1;2*1-3-6-4-2-5-1;1-2-6-4-3-5-1;1-3-6-4-2-5-1;1-2-6-4-3-5-1/h2*6H,1-5H2;2*1-5H2;2*5H,1-4H2;3*1-4H2. The molecule has 0 aromatic rings. The summed E-state index contributed by atoms with van der Waals surface area (Å²) in [7, 11) is 0. The van der Waals surface area contributed by atoms with E-state index in [1.165, 1.54) is 174 Å². The molecule has 0 saturated carbocycles. The predicted molar refractivity (Wildman–Crippen MR) is 248 cm³/mol. The lowest BCUT2D eigenvalue weighted by molar-refractivity contribution is -0.0334. The van der Waals surface area contributed by atoms with Crippen molar-refractivity contribution in [2.45, 2.75) is 77.0 Å². The highest BCUT2D eigenvalue weighted by Gasteiger charge is 1.99. The molecule has 9 heterocycles. The van der Waals surface area contributed by atoms with Crippen molar-refractivity contribution in [2.75, 3.05) is 176 Å². The van der Waals surface area contributed by atoms with Crippen LogP contribution in [0.3, 0.4) is 0 Å².